The van der Waals surface area contributed by atoms with Gasteiger partial charge in [0.2, 0.25) is 0 Å². The number of H-pyrrole nitrogens is 1. The number of aromatic carboxylic acids is 1. The van der Waals surface area contributed by atoms with E-state index in [2.05, 4.69) is 10.1 Å². The molecule has 160 valence electrons. The first kappa shape index (κ1) is 20.4. The van der Waals surface area contributed by atoms with Crippen LogP contribution in [-0.4, -0.2) is 32.9 Å². The number of fused-ring (bicyclic) bond motifs is 1. The molecule has 1 aromatic carbocycles. The van der Waals surface area contributed by atoms with E-state index in [0.717, 1.165) is 17.3 Å². The molecule has 31 heavy (non-hydrogen) atoms. The molecule has 1 unspecified atom stereocenters. The summed E-state index contributed by atoms with van der Waals surface area (Å²) >= 11 is 0. The van der Waals surface area contributed by atoms with Crippen LogP contribution in [0.2, 0.25) is 0 Å². The zero-order valence-corrected chi connectivity index (χ0v) is 15.8. The van der Waals surface area contributed by atoms with Gasteiger partial charge in [-0.05, 0) is 17.2 Å². The number of aromatic nitrogens is 3. The van der Waals surface area contributed by atoms with Gasteiger partial charge in [-0.15, -0.1) is 0 Å². The van der Waals surface area contributed by atoms with Crippen molar-refractivity contribution in [2.24, 2.45) is 0 Å². The van der Waals surface area contributed by atoms with Crippen molar-refractivity contribution < 1.29 is 27.8 Å². The first-order valence-corrected chi connectivity index (χ1v) is 9.07. The van der Waals surface area contributed by atoms with Crippen LogP contribution in [0.5, 0.6) is 5.75 Å². The highest BCUT2D eigenvalue weighted by Gasteiger charge is 2.42. The fourth-order valence-corrected chi connectivity index (χ4v) is 3.57. The van der Waals surface area contributed by atoms with Crippen LogP contribution >= 0.6 is 0 Å². The largest absolute Gasteiger partial charge is 0.491 e. The van der Waals surface area contributed by atoms with E-state index >= 15 is 0 Å². The number of carboxylic acid groups (broad SMARTS) is 1. The van der Waals surface area contributed by atoms with E-state index in [0.29, 0.717) is 0 Å². The lowest BCUT2D eigenvalue weighted by Crippen LogP contribution is -2.32. The van der Waals surface area contributed by atoms with Gasteiger partial charge in [0.15, 0.2) is 5.69 Å². The highest BCUT2D eigenvalue weighted by Crippen LogP contribution is 2.42. The average Bonchev–Trinajstić information content (AvgIpc) is 3.10. The summed E-state index contributed by atoms with van der Waals surface area (Å²) in [5.41, 5.74) is -1.73. The van der Waals surface area contributed by atoms with Gasteiger partial charge in [-0.25, -0.2) is 14.9 Å². The number of aromatic amines is 1. The summed E-state index contributed by atoms with van der Waals surface area (Å²) in [6, 6.07) is 9.09. The molecule has 0 aliphatic carbocycles. The van der Waals surface area contributed by atoms with Crippen LogP contribution in [0.1, 0.15) is 33.2 Å². The molecule has 2 aromatic heterocycles. The summed E-state index contributed by atoms with van der Waals surface area (Å²) in [7, 11) is 0. The summed E-state index contributed by atoms with van der Waals surface area (Å²) < 4.78 is 46.6. The van der Waals surface area contributed by atoms with Crippen molar-refractivity contribution in [3.05, 3.63) is 81.5 Å². The third-order valence-corrected chi connectivity index (χ3v) is 4.92. The van der Waals surface area contributed by atoms with Crippen LogP contribution in [0.3, 0.4) is 0 Å². The SMILES string of the molecule is O=C(O)c1cc(OCC2c3ccccc3CN2c2cn[nH]c(=O)c2C(F)(F)F)ccn1. The van der Waals surface area contributed by atoms with Crippen molar-refractivity contribution >= 4 is 11.7 Å². The third kappa shape index (κ3) is 3.93. The number of ether oxygens (including phenoxy) is 1. The Balaban J connectivity index is 1.71. The van der Waals surface area contributed by atoms with Crippen molar-refractivity contribution in [1.82, 2.24) is 15.2 Å². The quantitative estimate of drug-likeness (QED) is 0.638. The molecule has 3 heterocycles. The maximum absolute atomic E-state index is 13.6. The molecule has 1 aliphatic rings. The summed E-state index contributed by atoms with van der Waals surface area (Å²) in [5.74, 6) is -1.03. The first-order chi connectivity index (χ1) is 14.8. The second-order valence-corrected chi connectivity index (χ2v) is 6.79. The van der Waals surface area contributed by atoms with Gasteiger partial charge in [0.1, 0.15) is 17.9 Å². The number of carbonyl (C=O) groups is 1. The lowest BCUT2D eigenvalue weighted by molar-refractivity contribution is -0.138. The lowest BCUT2D eigenvalue weighted by Gasteiger charge is -2.28. The average molecular weight is 432 g/mol. The topological polar surface area (TPSA) is 108 Å². The van der Waals surface area contributed by atoms with Crippen LogP contribution < -0.4 is 15.2 Å². The number of hydrogen-bond donors (Lipinski definition) is 2. The molecular weight excluding hydrogens is 417 g/mol. The number of alkyl halides is 3. The second-order valence-electron chi connectivity index (χ2n) is 6.79. The number of hydrogen-bond acceptors (Lipinski definition) is 6. The number of benzene rings is 1. The number of rotatable bonds is 5. The Morgan fingerprint density at radius 1 is 1.29 bits per heavy atom. The van der Waals surface area contributed by atoms with Crippen molar-refractivity contribution in [2.75, 3.05) is 11.5 Å². The molecule has 0 saturated carbocycles. The maximum atomic E-state index is 13.6. The third-order valence-electron chi connectivity index (χ3n) is 4.92. The second kappa shape index (κ2) is 7.74. The van der Waals surface area contributed by atoms with Crippen LogP contribution in [0.15, 0.2) is 53.6 Å². The monoisotopic (exact) mass is 432 g/mol. The molecule has 4 rings (SSSR count). The van der Waals surface area contributed by atoms with Crippen LogP contribution in [0, 0.1) is 0 Å². The van der Waals surface area contributed by atoms with Gasteiger partial charge in [-0.2, -0.15) is 18.3 Å². The van der Waals surface area contributed by atoms with Gasteiger partial charge >= 0.3 is 12.1 Å². The predicted octanol–water partition coefficient (Wildman–Crippen LogP) is 3.02. The first-order valence-electron chi connectivity index (χ1n) is 9.07. The Bertz CT molecular complexity index is 1200. The van der Waals surface area contributed by atoms with Crippen molar-refractivity contribution in [1.29, 1.82) is 0 Å². The highest BCUT2D eigenvalue weighted by molar-refractivity contribution is 5.85. The van der Waals surface area contributed by atoms with E-state index in [1.807, 2.05) is 5.10 Å². The number of halogens is 3. The summed E-state index contributed by atoms with van der Waals surface area (Å²) in [6.45, 7) is 0.0271. The molecule has 8 nitrogen and oxygen atoms in total. The van der Waals surface area contributed by atoms with E-state index < -0.39 is 29.3 Å². The Hall–Kier alpha value is -3.89. The van der Waals surface area contributed by atoms with E-state index in [9.17, 15) is 22.8 Å². The zero-order valence-electron chi connectivity index (χ0n) is 15.8. The lowest BCUT2D eigenvalue weighted by atomic mass is 10.1. The molecule has 1 aliphatic heterocycles. The summed E-state index contributed by atoms with van der Waals surface area (Å²) in [6.07, 6.45) is -2.65. The fourth-order valence-electron chi connectivity index (χ4n) is 3.57. The van der Waals surface area contributed by atoms with Crippen LogP contribution in [-0.2, 0) is 12.7 Å². The van der Waals surface area contributed by atoms with E-state index in [-0.39, 0.29) is 30.3 Å². The number of carboxylic acids is 1. The van der Waals surface area contributed by atoms with Gasteiger partial charge in [0.05, 0.1) is 17.9 Å². The number of anilines is 1. The van der Waals surface area contributed by atoms with Crippen molar-refractivity contribution in [3.8, 4) is 5.75 Å². The Labute approximate surface area is 172 Å². The van der Waals surface area contributed by atoms with E-state index in [1.54, 1.807) is 24.3 Å². The smallest absolute Gasteiger partial charge is 0.423 e. The minimum Gasteiger partial charge on any atom is -0.491 e. The zero-order chi connectivity index (χ0) is 22.2. The molecule has 0 bridgehead atoms. The van der Waals surface area contributed by atoms with Gasteiger partial charge in [-0.3, -0.25) is 4.79 Å². The Kier molecular flexibility index (Phi) is 5.09. The number of nitrogens with one attached hydrogen (secondary N) is 1. The maximum Gasteiger partial charge on any atom is 0.423 e. The van der Waals surface area contributed by atoms with Crippen molar-refractivity contribution in [2.45, 2.75) is 18.8 Å². The summed E-state index contributed by atoms with van der Waals surface area (Å²) in [4.78, 5) is 28.2. The van der Waals surface area contributed by atoms with E-state index in [4.69, 9.17) is 9.84 Å². The van der Waals surface area contributed by atoms with Gasteiger partial charge in [0, 0.05) is 18.8 Å². The molecule has 0 spiro atoms. The van der Waals surface area contributed by atoms with Gasteiger partial charge in [-0.1, -0.05) is 24.3 Å². The standard InChI is InChI=1S/C20H15F3N4O4/c21-20(22,23)17-15(8-25-26-18(17)28)27-9-11-3-1-2-4-13(11)16(27)10-31-12-5-6-24-14(7-12)19(29)30/h1-8,16H,9-10H2,(H,26,28)(H,29,30). The molecule has 3 aromatic rings. The normalized spacial score (nSPS) is 15.6. The molecule has 1 atom stereocenters. The molecule has 0 amide bonds. The summed E-state index contributed by atoms with van der Waals surface area (Å²) in [5, 5.41) is 14.5. The number of pyridine rings is 1. The number of nitrogens with zero attached hydrogens (tertiary/aromatic N) is 3. The van der Waals surface area contributed by atoms with Crippen LogP contribution in [0.25, 0.3) is 0 Å². The Morgan fingerprint density at radius 3 is 2.81 bits per heavy atom. The van der Waals surface area contributed by atoms with Crippen molar-refractivity contribution in [3.63, 3.8) is 0 Å². The minimum atomic E-state index is -4.88. The predicted molar refractivity (Wildman–Crippen MR) is 102 cm³/mol. The molecule has 2 N–H and O–H groups in total. The molecular formula is C20H15F3N4O4. The molecule has 0 radical (unpaired) electrons. The van der Waals surface area contributed by atoms with Gasteiger partial charge in [0.25, 0.3) is 5.56 Å². The highest BCUT2D eigenvalue weighted by atomic mass is 19.4. The van der Waals surface area contributed by atoms with Crippen LogP contribution in [0.4, 0.5) is 18.9 Å². The molecule has 0 saturated heterocycles. The molecule has 11 heteroatoms. The fraction of sp³-hybridized carbons (Fsp3) is 0.200. The van der Waals surface area contributed by atoms with Gasteiger partial charge < -0.3 is 14.7 Å². The Morgan fingerprint density at radius 2 is 2.06 bits per heavy atom. The minimum absolute atomic E-state index is 0.0931. The van der Waals surface area contributed by atoms with E-state index in [1.165, 1.54) is 23.2 Å². The molecule has 0 fully saturated rings.